The first-order valence-corrected chi connectivity index (χ1v) is 4.70. The van der Waals surface area contributed by atoms with E-state index in [9.17, 15) is 0 Å². The summed E-state index contributed by atoms with van der Waals surface area (Å²) in [4.78, 5) is 0. The van der Waals surface area contributed by atoms with Gasteiger partial charge in [-0.2, -0.15) is 5.26 Å². The van der Waals surface area contributed by atoms with Gasteiger partial charge in [0.05, 0.1) is 16.7 Å². The minimum atomic E-state index is 0.372. The van der Waals surface area contributed by atoms with Crippen LogP contribution in [0, 0.1) is 11.3 Å². The number of benzene rings is 1. The Morgan fingerprint density at radius 3 is 2.86 bits per heavy atom. The summed E-state index contributed by atoms with van der Waals surface area (Å²) in [7, 11) is 0. The van der Waals surface area contributed by atoms with Crippen LogP contribution < -0.4 is 4.74 Å². The Morgan fingerprint density at radius 2 is 2.14 bits per heavy atom. The predicted molar refractivity (Wildman–Crippen MR) is 55.5 cm³/mol. The topological polar surface area (TPSA) is 33.0 Å². The van der Waals surface area contributed by atoms with Crippen LogP contribution in [0.3, 0.4) is 0 Å². The molecule has 2 rings (SSSR count). The molecule has 1 heterocycles. The molecule has 0 unspecified atom stereocenters. The molecule has 0 radical (unpaired) electrons. The maximum Gasteiger partial charge on any atom is 0.147 e. The fraction of sp³-hybridized carbons (Fsp3) is 0.100. The standard InChI is InChI=1S/C10H5Cl2NO/c11-7-3-8-6(5-13)1-2-14-10(8)9(12)4-7/h1,3-4H,2H2. The third kappa shape index (κ3) is 1.45. The van der Waals surface area contributed by atoms with E-state index in [0.717, 1.165) is 0 Å². The Morgan fingerprint density at radius 1 is 1.36 bits per heavy atom. The highest BCUT2D eigenvalue weighted by Crippen LogP contribution is 2.38. The van der Waals surface area contributed by atoms with E-state index in [1.54, 1.807) is 18.2 Å². The monoisotopic (exact) mass is 225 g/mol. The molecule has 1 aliphatic rings. The van der Waals surface area contributed by atoms with Crippen LogP contribution in [0.25, 0.3) is 5.57 Å². The second kappa shape index (κ2) is 3.53. The molecule has 4 heteroatoms. The maximum atomic E-state index is 8.86. The van der Waals surface area contributed by atoms with Crippen molar-refractivity contribution in [2.45, 2.75) is 0 Å². The van der Waals surface area contributed by atoms with Crippen molar-refractivity contribution in [1.29, 1.82) is 5.26 Å². The SMILES string of the molecule is N#CC1=CCOc2c(Cl)cc(Cl)cc21. The second-order valence-corrected chi connectivity index (χ2v) is 3.65. The summed E-state index contributed by atoms with van der Waals surface area (Å²) in [5.74, 6) is 0.537. The number of ether oxygens (including phenoxy) is 1. The molecule has 0 spiro atoms. The summed E-state index contributed by atoms with van der Waals surface area (Å²) < 4.78 is 5.32. The lowest BCUT2D eigenvalue weighted by molar-refractivity contribution is 0.358. The summed E-state index contributed by atoms with van der Waals surface area (Å²) in [6.07, 6.45) is 1.70. The molecule has 0 saturated carbocycles. The molecule has 1 aromatic rings. The number of fused-ring (bicyclic) bond motifs is 1. The molecule has 0 amide bonds. The highest BCUT2D eigenvalue weighted by Gasteiger charge is 2.17. The van der Waals surface area contributed by atoms with Gasteiger partial charge >= 0.3 is 0 Å². The molecule has 0 atom stereocenters. The van der Waals surface area contributed by atoms with Gasteiger partial charge in [0, 0.05) is 10.6 Å². The van der Waals surface area contributed by atoms with Gasteiger partial charge in [-0.25, -0.2) is 0 Å². The van der Waals surface area contributed by atoms with E-state index in [1.807, 2.05) is 0 Å². The number of hydrogen-bond donors (Lipinski definition) is 0. The van der Waals surface area contributed by atoms with Gasteiger partial charge in [-0.15, -0.1) is 0 Å². The molecule has 1 aromatic carbocycles. The van der Waals surface area contributed by atoms with Crippen molar-refractivity contribution in [2.75, 3.05) is 6.61 Å². The fourth-order valence-electron chi connectivity index (χ4n) is 1.33. The van der Waals surface area contributed by atoms with Crippen LogP contribution in [-0.4, -0.2) is 6.61 Å². The van der Waals surface area contributed by atoms with Crippen LogP contribution in [0.1, 0.15) is 5.56 Å². The quantitative estimate of drug-likeness (QED) is 0.679. The Kier molecular flexibility index (Phi) is 2.37. The second-order valence-electron chi connectivity index (χ2n) is 2.80. The molecular weight excluding hydrogens is 221 g/mol. The number of nitriles is 1. The summed E-state index contributed by atoms with van der Waals surface area (Å²) in [6.45, 7) is 0.372. The molecule has 70 valence electrons. The molecule has 14 heavy (non-hydrogen) atoms. The average Bonchev–Trinajstić information content (AvgIpc) is 2.17. The molecule has 0 fully saturated rings. The molecular formula is C10H5Cl2NO. The van der Waals surface area contributed by atoms with E-state index in [1.165, 1.54) is 0 Å². The molecule has 0 N–H and O–H groups in total. The summed E-state index contributed by atoms with van der Waals surface area (Å²) in [6, 6.07) is 5.36. The highest BCUT2D eigenvalue weighted by molar-refractivity contribution is 6.36. The first-order chi connectivity index (χ1) is 6.72. The van der Waals surface area contributed by atoms with Crippen molar-refractivity contribution in [1.82, 2.24) is 0 Å². The minimum absolute atomic E-state index is 0.372. The van der Waals surface area contributed by atoms with Crippen molar-refractivity contribution in [2.24, 2.45) is 0 Å². The van der Waals surface area contributed by atoms with E-state index >= 15 is 0 Å². The van der Waals surface area contributed by atoms with Crippen LogP contribution in [0.2, 0.25) is 10.0 Å². The third-order valence-corrected chi connectivity index (χ3v) is 2.43. The van der Waals surface area contributed by atoms with E-state index in [4.69, 9.17) is 33.2 Å². The molecule has 1 aliphatic heterocycles. The summed E-state index contributed by atoms with van der Waals surface area (Å²) in [5.41, 5.74) is 1.21. The van der Waals surface area contributed by atoms with Gasteiger partial charge in [-0.3, -0.25) is 0 Å². The van der Waals surface area contributed by atoms with Gasteiger partial charge in [0.15, 0.2) is 0 Å². The number of rotatable bonds is 0. The van der Waals surface area contributed by atoms with Gasteiger partial charge in [-0.05, 0) is 18.2 Å². The summed E-state index contributed by atoms with van der Waals surface area (Å²) >= 11 is 11.8. The number of nitrogens with zero attached hydrogens (tertiary/aromatic N) is 1. The molecule has 0 saturated heterocycles. The Labute approximate surface area is 91.3 Å². The zero-order valence-corrected chi connectivity index (χ0v) is 8.56. The van der Waals surface area contributed by atoms with Crippen molar-refractivity contribution in [3.05, 3.63) is 33.8 Å². The van der Waals surface area contributed by atoms with E-state index in [0.29, 0.717) is 33.5 Å². The van der Waals surface area contributed by atoms with Crippen molar-refractivity contribution >= 4 is 28.8 Å². The number of allylic oxidation sites excluding steroid dienone is 1. The van der Waals surface area contributed by atoms with Crippen LogP contribution in [0.4, 0.5) is 0 Å². The van der Waals surface area contributed by atoms with Gasteiger partial charge in [-0.1, -0.05) is 23.2 Å². The van der Waals surface area contributed by atoms with Crippen LogP contribution >= 0.6 is 23.2 Å². The smallest absolute Gasteiger partial charge is 0.147 e. The van der Waals surface area contributed by atoms with Crippen LogP contribution in [-0.2, 0) is 0 Å². The minimum Gasteiger partial charge on any atom is -0.487 e. The van der Waals surface area contributed by atoms with Gasteiger partial charge in [0.2, 0.25) is 0 Å². The fourth-order valence-corrected chi connectivity index (χ4v) is 1.88. The van der Waals surface area contributed by atoms with Crippen LogP contribution in [0.5, 0.6) is 5.75 Å². The lowest BCUT2D eigenvalue weighted by Crippen LogP contribution is -2.04. The third-order valence-electron chi connectivity index (χ3n) is 1.93. The normalized spacial score (nSPS) is 13.6. The van der Waals surface area contributed by atoms with Gasteiger partial charge in [0.25, 0.3) is 0 Å². The zero-order valence-electron chi connectivity index (χ0n) is 7.05. The summed E-state index contributed by atoms with van der Waals surface area (Å²) in [5, 5.41) is 9.80. The predicted octanol–water partition coefficient (Wildman–Crippen LogP) is 3.29. The average molecular weight is 226 g/mol. The van der Waals surface area contributed by atoms with Crippen LogP contribution in [0.15, 0.2) is 18.2 Å². The van der Waals surface area contributed by atoms with E-state index < -0.39 is 0 Å². The Balaban J connectivity index is 2.67. The molecule has 0 aromatic heterocycles. The molecule has 0 aliphatic carbocycles. The lowest BCUT2D eigenvalue weighted by Gasteiger charge is -2.16. The van der Waals surface area contributed by atoms with Crippen molar-refractivity contribution in [3.8, 4) is 11.8 Å². The van der Waals surface area contributed by atoms with Gasteiger partial charge < -0.3 is 4.74 Å². The Bertz CT molecular complexity index is 460. The molecule has 0 bridgehead atoms. The molecule has 2 nitrogen and oxygen atoms in total. The van der Waals surface area contributed by atoms with Crippen molar-refractivity contribution in [3.63, 3.8) is 0 Å². The lowest BCUT2D eigenvalue weighted by atomic mass is 10.0. The highest BCUT2D eigenvalue weighted by atomic mass is 35.5. The Hall–Kier alpha value is -1.17. The first kappa shape index (κ1) is 9.39. The van der Waals surface area contributed by atoms with E-state index in [-0.39, 0.29) is 0 Å². The van der Waals surface area contributed by atoms with E-state index in [2.05, 4.69) is 6.07 Å². The maximum absolute atomic E-state index is 8.86. The number of hydrogen-bond acceptors (Lipinski definition) is 2. The van der Waals surface area contributed by atoms with Gasteiger partial charge in [0.1, 0.15) is 12.4 Å². The largest absolute Gasteiger partial charge is 0.487 e. The number of halogens is 2. The first-order valence-electron chi connectivity index (χ1n) is 3.95. The van der Waals surface area contributed by atoms with Crippen molar-refractivity contribution < 1.29 is 4.74 Å². The zero-order chi connectivity index (χ0) is 10.1.